The fourth-order valence-electron chi connectivity index (χ4n) is 2.09. The fraction of sp³-hybridized carbons (Fsp3) is 0.222. The van der Waals surface area contributed by atoms with Crippen molar-refractivity contribution < 1.29 is 19.1 Å². The third-order valence-corrected chi connectivity index (χ3v) is 3.91. The van der Waals surface area contributed by atoms with Crippen molar-refractivity contribution in [2.24, 2.45) is 0 Å². The van der Waals surface area contributed by atoms with Crippen LogP contribution >= 0.6 is 15.9 Å². The number of halogens is 1. The Labute approximate surface area is 149 Å². The Kier molecular flexibility index (Phi) is 6.37. The van der Waals surface area contributed by atoms with Gasteiger partial charge in [0.15, 0.2) is 18.1 Å². The first-order valence-electron chi connectivity index (χ1n) is 7.42. The van der Waals surface area contributed by atoms with Crippen LogP contribution in [0.15, 0.2) is 46.9 Å². The second kappa shape index (κ2) is 8.49. The second-order valence-electron chi connectivity index (χ2n) is 4.96. The van der Waals surface area contributed by atoms with Crippen molar-refractivity contribution in [2.75, 3.05) is 25.2 Å². The monoisotopic (exact) mass is 391 g/mol. The molecule has 0 radical (unpaired) electrons. The molecule has 126 valence electrons. The lowest BCUT2D eigenvalue weighted by Gasteiger charge is -2.19. The van der Waals surface area contributed by atoms with Crippen LogP contribution in [0, 0.1) is 0 Å². The van der Waals surface area contributed by atoms with Gasteiger partial charge in [-0.3, -0.25) is 9.59 Å². The molecule has 0 saturated carbocycles. The smallest absolute Gasteiger partial charge is 0.264 e. The van der Waals surface area contributed by atoms with Gasteiger partial charge in [-0.2, -0.15) is 0 Å². The van der Waals surface area contributed by atoms with E-state index in [2.05, 4.69) is 15.9 Å². The van der Waals surface area contributed by atoms with Gasteiger partial charge in [-0.25, -0.2) is 0 Å². The van der Waals surface area contributed by atoms with E-state index in [1.54, 1.807) is 19.2 Å². The molecule has 1 amide bonds. The van der Waals surface area contributed by atoms with Crippen LogP contribution in [0.25, 0.3) is 0 Å². The molecule has 2 aromatic rings. The SMILES string of the molecule is CCOc1cc(C=O)cc(Br)c1OCC(=O)N(C)c1ccccc1. The Hall–Kier alpha value is -2.34. The van der Waals surface area contributed by atoms with Crippen LogP contribution in [0.2, 0.25) is 0 Å². The number of carbonyl (C=O) groups is 2. The molecular weight excluding hydrogens is 374 g/mol. The van der Waals surface area contributed by atoms with Crippen LogP contribution in [0.4, 0.5) is 5.69 Å². The van der Waals surface area contributed by atoms with Gasteiger partial charge in [0.2, 0.25) is 0 Å². The van der Waals surface area contributed by atoms with E-state index in [0.29, 0.717) is 28.1 Å². The first-order chi connectivity index (χ1) is 11.6. The standard InChI is InChI=1S/C18H18BrNO4/c1-3-23-16-10-13(11-21)9-15(19)18(16)24-12-17(22)20(2)14-7-5-4-6-8-14/h4-11H,3,12H2,1-2H3. The number of rotatable bonds is 7. The van der Waals surface area contributed by atoms with E-state index in [1.807, 2.05) is 37.3 Å². The molecule has 0 aromatic heterocycles. The van der Waals surface area contributed by atoms with Gasteiger partial charge >= 0.3 is 0 Å². The van der Waals surface area contributed by atoms with Crippen molar-refractivity contribution in [1.29, 1.82) is 0 Å². The van der Waals surface area contributed by atoms with E-state index in [0.717, 1.165) is 12.0 Å². The molecule has 2 aromatic carbocycles. The van der Waals surface area contributed by atoms with Crippen LogP contribution in [-0.4, -0.2) is 32.5 Å². The maximum atomic E-state index is 12.3. The number of nitrogens with zero attached hydrogens (tertiary/aromatic N) is 1. The van der Waals surface area contributed by atoms with Crippen LogP contribution < -0.4 is 14.4 Å². The number of ether oxygens (including phenoxy) is 2. The Bertz CT molecular complexity index is 718. The fourth-order valence-corrected chi connectivity index (χ4v) is 2.66. The summed E-state index contributed by atoms with van der Waals surface area (Å²) in [6.07, 6.45) is 0.728. The minimum absolute atomic E-state index is 0.148. The van der Waals surface area contributed by atoms with Crippen molar-refractivity contribution in [3.05, 3.63) is 52.5 Å². The quantitative estimate of drug-likeness (QED) is 0.675. The molecule has 0 heterocycles. The number of aldehydes is 1. The molecule has 0 bridgehead atoms. The lowest BCUT2D eigenvalue weighted by Crippen LogP contribution is -2.31. The molecule has 0 aliphatic heterocycles. The Morgan fingerprint density at radius 1 is 1.21 bits per heavy atom. The first kappa shape index (κ1) is 18.0. The highest BCUT2D eigenvalue weighted by Crippen LogP contribution is 2.36. The topological polar surface area (TPSA) is 55.8 Å². The van der Waals surface area contributed by atoms with Crippen molar-refractivity contribution in [1.82, 2.24) is 0 Å². The van der Waals surface area contributed by atoms with Gasteiger partial charge in [-0.05, 0) is 47.1 Å². The van der Waals surface area contributed by atoms with E-state index in [1.165, 1.54) is 4.90 Å². The summed E-state index contributed by atoms with van der Waals surface area (Å²) < 4.78 is 11.7. The second-order valence-corrected chi connectivity index (χ2v) is 5.81. The van der Waals surface area contributed by atoms with E-state index in [-0.39, 0.29) is 12.5 Å². The largest absolute Gasteiger partial charge is 0.490 e. The molecule has 0 spiro atoms. The lowest BCUT2D eigenvalue weighted by molar-refractivity contribution is -0.120. The molecule has 0 aliphatic carbocycles. The van der Waals surface area contributed by atoms with E-state index in [9.17, 15) is 9.59 Å². The number of hydrogen-bond donors (Lipinski definition) is 0. The number of benzene rings is 2. The highest BCUT2D eigenvalue weighted by atomic mass is 79.9. The molecule has 5 nitrogen and oxygen atoms in total. The number of hydrogen-bond acceptors (Lipinski definition) is 4. The maximum absolute atomic E-state index is 12.3. The van der Waals surface area contributed by atoms with Crippen LogP contribution in [0.5, 0.6) is 11.5 Å². The van der Waals surface area contributed by atoms with Gasteiger partial charge in [0.05, 0.1) is 11.1 Å². The third kappa shape index (κ3) is 4.35. The molecule has 0 N–H and O–H groups in total. The van der Waals surface area contributed by atoms with Crippen LogP contribution in [-0.2, 0) is 4.79 Å². The predicted molar refractivity (Wildman–Crippen MR) is 96.0 cm³/mol. The Morgan fingerprint density at radius 2 is 1.92 bits per heavy atom. The van der Waals surface area contributed by atoms with Gasteiger partial charge in [0, 0.05) is 18.3 Å². The summed E-state index contributed by atoms with van der Waals surface area (Å²) in [5, 5.41) is 0. The lowest BCUT2D eigenvalue weighted by atomic mass is 10.2. The third-order valence-electron chi connectivity index (χ3n) is 3.33. The van der Waals surface area contributed by atoms with E-state index in [4.69, 9.17) is 9.47 Å². The molecule has 0 fully saturated rings. The first-order valence-corrected chi connectivity index (χ1v) is 8.22. The summed E-state index contributed by atoms with van der Waals surface area (Å²) in [6.45, 7) is 2.10. The van der Waals surface area contributed by atoms with Gasteiger partial charge in [0.25, 0.3) is 5.91 Å². The van der Waals surface area contributed by atoms with Crippen molar-refractivity contribution in [2.45, 2.75) is 6.92 Å². The molecule has 24 heavy (non-hydrogen) atoms. The summed E-state index contributed by atoms with van der Waals surface area (Å²) in [5.41, 5.74) is 1.25. The van der Waals surface area contributed by atoms with E-state index >= 15 is 0 Å². The summed E-state index contributed by atoms with van der Waals surface area (Å²) in [7, 11) is 1.69. The normalized spacial score (nSPS) is 10.1. The minimum atomic E-state index is -0.199. The molecule has 0 unspecified atom stereocenters. The van der Waals surface area contributed by atoms with Crippen molar-refractivity contribution in [3.63, 3.8) is 0 Å². The van der Waals surface area contributed by atoms with Gasteiger partial charge < -0.3 is 14.4 Å². The van der Waals surface area contributed by atoms with Gasteiger partial charge in [-0.15, -0.1) is 0 Å². The number of amides is 1. The average molecular weight is 392 g/mol. The van der Waals surface area contributed by atoms with Gasteiger partial charge in [-0.1, -0.05) is 18.2 Å². The molecule has 6 heteroatoms. The summed E-state index contributed by atoms with van der Waals surface area (Å²) in [4.78, 5) is 24.8. The molecule has 0 aliphatic rings. The number of para-hydroxylation sites is 1. The summed E-state index contributed by atoms with van der Waals surface area (Å²) in [5.74, 6) is 0.622. The zero-order valence-corrected chi connectivity index (χ0v) is 15.1. The van der Waals surface area contributed by atoms with Crippen molar-refractivity contribution in [3.8, 4) is 11.5 Å². The molecule has 2 rings (SSSR count). The summed E-state index contributed by atoms with van der Waals surface area (Å²) >= 11 is 3.35. The molecular formula is C18H18BrNO4. The van der Waals surface area contributed by atoms with Crippen molar-refractivity contribution >= 4 is 33.8 Å². The molecule has 0 saturated heterocycles. The van der Waals surface area contributed by atoms with Crippen LogP contribution in [0.1, 0.15) is 17.3 Å². The maximum Gasteiger partial charge on any atom is 0.264 e. The zero-order chi connectivity index (χ0) is 17.5. The number of anilines is 1. The average Bonchev–Trinajstić information content (AvgIpc) is 2.60. The highest BCUT2D eigenvalue weighted by Gasteiger charge is 2.16. The number of likely N-dealkylation sites (N-methyl/N-ethyl adjacent to an activating group) is 1. The molecule has 0 atom stereocenters. The highest BCUT2D eigenvalue weighted by molar-refractivity contribution is 9.10. The Morgan fingerprint density at radius 3 is 2.54 bits per heavy atom. The van der Waals surface area contributed by atoms with Gasteiger partial charge in [0.1, 0.15) is 6.29 Å². The zero-order valence-electron chi connectivity index (χ0n) is 13.5. The van der Waals surface area contributed by atoms with Crippen LogP contribution in [0.3, 0.4) is 0 Å². The summed E-state index contributed by atoms with van der Waals surface area (Å²) in [6, 6.07) is 12.5. The predicted octanol–water partition coefficient (Wildman–Crippen LogP) is 3.70. The Balaban J connectivity index is 2.13. The minimum Gasteiger partial charge on any atom is -0.490 e. The number of carbonyl (C=O) groups excluding carboxylic acids is 2. The van der Waals surface area contributed by atoms with E-state index < -0.39 is 0 Å².